The number of nitrogens with one attached hydrogen (secondary N) is 1. The van der Waals surface area contributed by atoms with E-state index in [1.54, 1.807) is 19.2 Å². The Morgan fingerprint density at radius 3 is 2.56 bits per heavy atom. The van der Waals surface area contributed by atoms with Crippen LogP contribution in [0.3, 0.4) is 0 Å². The second-order valence-electron chi connectivity index (χ2n) is 8.95. The Morgan fingerprint density at radius 1 is 1.03 bits per heavy atom. The summed E-state index contributed by atoms with van der Waals surface area (Å²) in [6.07, 6.45) is 2.62. The molecule has 0 aliphatic heterocycles. The molecule has 1 heterocycles. The van der Waals surface area contributed by atoms with Crippen LogP contribution in [0.1, 0.15) is 54.4 Å². The van der Waals surface area contributed by atoms with Crippen molar-refractivity contribution < 1.29 is 14.3 Å². The standard InChI is InChI=1S/C30H35N3O3/c1-4-22(2)23-14-16-24(17-15-23)36-21-9-20-33-27-12-7-6-11-26(27)32-29(33)18-19-31-30(34)25-10-5-8-13-28(25)35-3/h5-8,10-17,22H,4,9,18-21H2,1-3H3,(H,31,34). The molecule has 4 rings (SSSR count). The third-order valence-electron chi connectivity index (χ3n) is 6.58. The summed E-state index contributed by atoms with van der Waals surface area (Å²) >= 11 is 0. The molecule has 0 aliphatic carbocycles. The van der Waals surface area contributed by atoms with Gasteiger partial charge in [-0.2, -0.15) is 0 Å². The Labute approximate surface area is 213 Å². The number of methoxy groups -OCH3 is 1. The lowest BCUT2D eigenvalue weighted by Crippen LogP contribution is -2.27. The van der Waals surface area contributed by atoms with Crippen molar-refractivity contribution in [3.8, 4) is 11.5 Å². The quantitative estimate of drug-likeness (QED) is 0.250. The number of benzene rings is 3. The van der Waals surface area contributed by atoms with Crippen LogP contribution < -0.4 is 14.8 Å². The Kier molecular flexibility index (Phi) is 8.61. The maximum atomic E-state index is 12.7. The van der Waals surface area contributed by atoms with Crippen LogP contribution in [0.2, 0.25) is 0 Å². The molecule has 0 radical (unpaired) electrons. The molecular formula is C30H35N3O3. The van der Waals surface area contributed by atoms with Crippen molar-refractivity contribution in [3.63, 3.8) is 0 Å². The molecule has 4 aromatic rings. The number of hydrogen-bond donors (Lipinski definition) is 1. The van der Waals surface area contributed by atoms with E-state index in [1.165, 1.54) is 5.56 Å². The van der Waals surface area contributed by atoms with Crippen molar-refractivity contribution in [1.82, 2.24) is 14.9 Å². The molecule has 0 saturated carbocycles. The number of ether oxygens (including phenoxy) is 2. The minimum atomic E-state index is -0.150. The van der Waals surface area contributed by atoms with E-state index in [0.29, 0.717) is 36.8 Å². The molecule has 1 aromatic heterocycles. The fourth-order valence-electron chi connectivity index (χ4n) is 4.32. The highest BCUT2D eigenvalue weighted by atomic mass is 16.5. The molecule has 0 fully saturated rings. The lowest BCUT2D eigenvalue weighted by Gasteiger charge is -2.13. The monoisotopic (exact) mass is 485 g/mol. The SMILES string of the molecule is CCC(C)c1ccc(OCCCn2c(CCNC(=O)c3ccccc3OC)nc3ccccc32)cc1. The van der Waals surface area contributed by atoms with Gasteiger partial charge in [-0.25, -0.2) is 4.98 Å². The van der Waals surface area contributed by atoms with Crippen molar-refractivity contribution in [1.29, 1.82) is 0 Å². The van der Waals surface area contributed by atoms with Crippen LogP contribution in [-0.2, 0) is 13.0 Å². The number of para-hydroxylation sites is 3. The first kappa shape index (κ1) is 25.3. The summed E-state index contributed by atoms with van der Waals surface area (Å²) in [5.41, 5.74) is 3.94. The maximum absolute atomic E-state index is 12.7. The summed E-state index contributed by atoms with van der Waals surface area (Å²) in [4.78, 5) is 17.5. The van der Waals surface area contributed by atoms with Crippen LogP contribution in [0.5, 0.6) is 11.5 Å². The third kappa shape index (κ3) is 6.06. The van der Waals surface area contributed by atoms with Gasteiger partial charge in [0, 0.05) is 19.5 Å². The predicted molar refractivity (Wildman–Crippen MR) is 144 cm³/mol. The molecule has 0 saturated heterocycles. The molecule has 6 heteroatoms. The average molecular weight is 486 g/mol. The first-order chi connectivity index (χ1) is 17.6. The van der Waals surface area contributed by atoms with Crippen LogP contribution >= 0.6 is 0 Å². The van der Waals surface area contributed by atoms with Crippen LogP contribution in [0, 0.1) is 0 Å². The van der Waals surface area contributed by atoms with Gasteiger partial charge in [-0.3, -0.25) is 4.79 Å². The van der Waals surface area contributed by atoms with Gasteiger partial charge in [0.2, 0.25) is 0 Å². The zero-order chi connectivity index (χ0) is 25.3. The van der Waals surface area contributed by atoms with Gasteiger partial charge in [0.1, 0.15) is 17.3 Å². The number of amides is 1. The predicted octanol–water partition coefficient (Wildman–Crippen LogP) is 6.00. The second kappa shape index (κ2) is 12.2. The summed E-state index contributed by atoms with van der Waals surface area (Å²) in [6, 6.07) is 23.8. The van der Waals surface area contributed by atoms with E-state index >= 15 is 0 Å². The molecule has 0 bridgehead atoms. The third-order valence-corrected chi connectivity index (χ3v) is 6.58. The normalized spacial score (nSPS) is 11.9. The fourth-order valence-corrected chi connectivity index (χ4v) is 4.32. The number of rotatable bonds is 12. The van der Waals surface area contributed by atoms with Crippen LogP contribution in [0.25, 0.3) is 11.0 Å². The van der Waals surface area contributed by atoms with E-state index in [0.717, 1.165) is 42.0 Å². The molecular weight excluding hydrogens is 450 g/mol. The molecule has 1 amide bonds. The average Bonchev–Trinajstić information content (AvgIpc) is 3.28. The van der Waals surface area contributed by atoms with Crippen molar-refractivity contribution in [2.75, 3.05) is 20.3 Å². The topological polar surface area (TPSA) is 65.4 Å². The number of aryl methyl sites for hydroxylation is 1. The van der Waals surface area contributed by atoms with Crippen molar-refractivity contribution in [3.05, 3.63) is 89.7 Å². The van der Waals surface area contributed by atoms with Crippen molar-refractivity contribution >= 4 is 16.9 Å². The van der Waals surface area contributed by atoms with E-state index in [4.69, 9.17) is 14.5 Å². The van der Waals surface area contributed by atoms with Gasteiger partial charge in [0.05, 0.1) is 30.3 Å². The zero-order valence-corrected chi connectivity index (χ0v) is 21.4. The van der Waals surface area contributed by atoms with E-state index < -0.39 is 0 Å². The van der Waals surface area contributed by atoms with Gasteiger partial charge in [0.25, 0.3) is 5.91 Å². The van der Waals surface area contributed by atoms with Gasteiger partial charge in [-0.05, 0) is 60.7 Å². The van der Waals surface area contributed by atoms with Crippen LogP contribution in [-0.4, -0.2) is 35.7 Å². The summed E-state index contributed by atoms with van der Waals surface area (Å²) in [7, 11) is 1.57. The Balaban J connectivity index is 1.35. The van der Waals surface area contributed by atoms with E-state index in [9.17, 15) is 4.79 Å². The molecule has 3 aromatic carbocycles. The minimum absolute atomic E-state index is 0.150. The maximum Gasteiger partial charge on any atom is 0.255 e. The highest BCUT2D eigenvalue weighted by Crippen LogP contribution is 2.22. The van der Waals surface area contributed by atoms with Gasteiger partial charge >= 0.3 is 0 Å². The number of nitrogens with zero attached hydrogens (tertiary/aromatic N) is 2. The largest absolute Gasteiger partial charge is 0.496 e. The second-order valence-corrected chi connectivity index (χ2v) is 8.95. The molecule has 1 atom stereocenters. The van der Waals surface area contributed by atoms with E-state index in [2.05, 4.69) is 54.1 Å². The minimum Gasteiger partial charge on any atom is -0.496 e. The summed E-state index contributed by atoms with van der Waals surface area (Å²) < 4.78 is 13.6. The van der Waals surface area contributed by atoms with Crippen molar-refractivity contribution in [2.24, 2.45) is 0 Å². The van der Waals surface area contributed by atoms with Gasteiger partial charge in [0.15, 0.2) is 0 Å². The van der Waals surface area contributed by atoms with E-state index in [-0.39, 0.29) is 5.91 Å². The summed E-state index contributed by atoms with van der Waals surface area (Å²) in [5, 5.41) is 3.00. The van der Waals surface area contributed by atoms with Gasteiger partial charge in [-0.1, -0.05) is 50.2 Å². The molecule has 1 unspecified atom stereocenters. The number of carbonyl (C=O) groups is 1. The summed E-state index contributed by atoms with van der Waals surface area (Å²) in [6.45, 7) is 6.35. The highest BCUT2D eigenvalue weighted by Gasteiger charge is 2.13. The molecule has 6 nitrogen and oxygen atoms in total. The first-order valence-corrected chi connectivity index (χ1v) is 12.7. The van der Waals surface area contributed by atoms with Crippen molar-refractivity contribution in [2.45, 2.75) is 45.6 Å². The summed E-state index contributed by atoms with van der Waals surface area (Å²) in [5.74, 6) is 2.83. The lowest BCUT2D eigenvalue weighted by atomic mass is 9.99. The Hall–Kier alpha value is -3.80. The van der Waals surface area contributed by atoms with Crippen LogP contribution in [0.4, 0.5) is 0 Å². The number of carbonyl (C=O) groups excluding carboxylic acids is 1. The number of aromatic nitrogens is 2. The molecule has 0 aliphatic rings. The smallest absolute Gasteiger partial charge is 0.255 e. The number of fused-ring (bicyclic) bond motifs is 1. The lowest BCUT2D eigenvalue weighted by molar-refractivity contribution is 0.0951. The Bertz CT molecular complexity index is 1280. The molecule has 0 spiro atoms. The molecule has 36 heavy (non-hydrogen) atoms. The fraction of sp³-hybridized carbons (Fsp3) is 0.333. The number of hydrogen-bond acceptors (Lipinski definition) is 4. The van der Waals surface area contributed by atoms with Gasteiger partial charge in [-0.15, -0.1) is 0 Å². The van der Waals surface area contributed by atoms with Crippen LogP contribution in [0.15, 0.2) is 72.8 Å². The molecule has 1 N–H and O–H groups in total. The number of imidazole rings is 1. The highest BCUT2D eigenvalue weighted by molar-refractivity contribution is 5.96. The van der Waals surface area contributed by atoms with Gasteiger partial charge < -0.3 is 19.4 Å². The Morgan fingerprint density at radius 2 is 1.78 bits per heavy atom. The first-order valence-electron chi connectivity index (χ1n) is 12.7. The zero-order valence-electron chi connectivity index (χ0n) is 21.4. The molecule has 188 valence electrons. The van der Waals surface area contributed by atoms with E-state index in [1.807, 2.05) is 30.3 Å².